The lowest BCUT2D eigenvalue weighted by atomic mass is 9.77. The average Bonchev–Trinajstić information content (AvgIpc) is 2.85. The van der Waals surface area contributed by atoms with Crippen molar-refractivity contribution in [2.45, 2.75) is 52.4 Å². The van der Waals surface area contributed by atoms with E-state index in [1.807, 2.05) is 12.1 Å². The molecule has 0 aromatic heterocycles. The van der Waals surface area contributed by atoms with Crippen molar-refractivity contribution in [1.29, 1.82) is 0 Å². The Morgan fingerprint density at radius 3 is 2.33 bits per heavy atom. The molecule has 0 spiro atoms. The quantitative estimate of drug-likeness (QED) is 0.704. The first kappa shape index (κ1) is 21.7. The minimum absolute atomic E-state index is 0.0699. The fraction of sp³-hybridized carbons (Fsp3) is 0.500. The van der Waals surface area contributed by atoms with Crippen LogP contribution in [0.4, 0.5) is 5.69 Å². The van der Waals surface area contributed by atoms with Gasteiger partial charge < -0.3 is 9.80 Å². The lowest BCUT2D eigenvalue weighted by Crippen LogP contribution is -2.42. The highest BCUT2D eigenvalue weighted by Gasteiger charge is 2.42. The van der Waals surface area contributed by atoms with E-state index in [1.54, 1.807) is 0 Å². The molecule has 3 aliphatic heterocycles. The van der Waals surface area contributed by atoms with E-state index in [2.05, 4.69) is 40.8 Å². The highest BCUT2D eigenvalue weighted by molar-refractivity contribution is 6.37. The van der Waals surface area contributed by atoms with Crippen LogP contribution >= 0.6 is 0 Å². The first-order valence-electron chi connectivity index (χ1n) is 12.3. The number of anilines is 1. The fourth-order valence-corrected chi connectivity index (χ4v) is 5.32. The zero-order chi connectivity index (χ0) is 22.9. The van der Waals surface area contributed by atoms with Crippen molar-refractivity contribution in [3.63, 3.8) is 0 Å². The Bertz CT molecular complexity index is 1090. The third-order valence-corrected chi connectivity index (χ3v) is 7.07. The molecule has 5 rings (SSSR count). The molecule has 7 heteroatoms. The maximum atomic E-state index is 13.4. The molecule has 7 nitrogen and oxygen atoms in total. The number of amides is 1. The molecular weight excluding hydrogens is 414 g/mol. The standard InChI is InChI=1S/C26H31N5O2/c1-3-30(4-2)18-13-11-17(12-14-18)21-22-19(9-8-10-20(22)32)27-24-23(21)25(33)29-26(28-24)31-15-6-5-7-16-31/h11-14,23H,3-10,15-16H2,1-2H3. The summed E-state index contributed by atoms with van der Waals surface area (Å²) in [6.45, 7) is 7.84. The molecule has 1 unspecified atom stereocenters. The summed E-state index contributed by atoms with van der Waals surface area (Å²) in [5, 5.41) is 0. The molecule has 1 saturated heterocycles. The van der Waals surface area contributed by atoms with Crippen LogP contribution < -0.4 is 4.90 Å². The number of fused-ring (bicyclic) bond motifs is 2. The highest BCUT2D eigenvalue weighted by atomic mass is 16.1. The van der Waals surface area contributed by atoms with Crippen LogP contribution in [0.15, 0.2) is 44.8 Å². The molecule has 1 aromatic rings. The number of piperidine rings is 1. The number of guanidine groups is 1. The molecule has 2 fully saturated rings. The van der Waals surface area contributed by atoms with Crippen molar-refractivity contribution in [2.75, 3.05) is 31.1 Å². The number of dihydropyridines is 1. The molecule has 1 aliphatic carbocycles. The number of Topliss-reactive ketones (excluding diaryl/α,β-unsaturated/α-hetero) is 1. The number of carbonyl (C=O) groups excluding carboxylic acids is 2. The summed E-state index contributed by atoms with van der Waals surface area (Å²) in [5.74, 6) is 0.0696. The largest absolute Gasteiger partial charge is 0.372 e. The Labute approximate surface area is 195 Å². The maximum absolute atomic E-state index is 13.4. The van der Waals surface area contributed by atoms with E-state index in [4.69, 9.17) is 9.98 Å². The molecule has 0 N–H and O–H groups in total. The smallest absolute Gasteiger partial charge is 0.264 e. The van der Waals surface area contributed by atoms with Crippen molar-refractivity contribution in [3.05, 3.63) is 35.4 Å². The van der Waals surface area contributed by atoms with Crippen molar-refractivity contribution in [1.82, 2.24) is 4.90 Å². The number of likely N-dealkylation sites (tertiary alicyclic amines) is 1. The second kappa shape index (κ2) is 9.04. The Kier molecular flexibility index (Phi) is 5.96. The van der Waals surface area contributed by atoms with Gasteiger partial charge in [0.15, 0.2) is 5.78 Å². The number of benzene rings is 1. The van der Waals surface area contributed by atoms with Gasteiger partial charge in [0.2, 0.25) is 5.96 Å². The number of hydrogen-bond acceptors (Lipinski definition) is 6. The molecule has 0 bridgehead atoms. The van der Waals surface area contributed by atoms with Gasteiger partial charge in [0.25, 0.3) is 5.91 Å². The molecule has 0 radical (unpaired) electrons. The minimum Gasteiger partial charge on any atom is -0.372 e. The normalized spacial score (nSPS) is 22.9. The van der Waals surface area contributed by atoms with Gasteiger partial charge in [-0.2, -0.15) is 9.98 Å². The Balaban J connectivity index is 1.58. The first-order chi connectivity index (χ1) is 16.1. The maximum Gasteiger partial charge on any atom is 0.264 e. The topological polar surface area (TPSA) is 77.7 Å². The fourth-order valence-electron chi connectivity index (χ4n) is 5.32. The Hall–Kier alpha value is -3.09. The minimum atomic E-state index is -0.710. The summed E-state index contributed by atoms with van der Waals surface area (Å²) in [4.78, 5) is 44.7. The van der Waals surface area contributed by atoms with Gasteiger partial charge in [-0.15, -0.1) is 0 Å². The van der Waals surface area contributed by atoms with E-state index in [0.717, 1.165) is 74.4 Å². The molecule has 4 aliphatic rings. The number of nitrogens with zero attached hydrogens (tertiary/aromatic N) is 5. The van der Waals surface area contributed by atoms with Gasteiger partial charge in [-0.25, -0.2) is 4.99 Å². The first-order valence-corrected chi connectivity index (χ1v) is 12.3. The second-order valence-corrected chi connectivity index (χ2v) is 9.04. The predicted molar refractivity (Wildman–Crippen MR) is 132 cm³/mol. The van der Waals surface area contributed by atoms with Crippen molar-refractivity contribution >= 4 is 40.5 Å². The van der Waals surface area contributed by atoms with Crippen molar-refractivity contribution < 1.29 is 9.59 Å². The van der Waals surface area contributed by atoms with Gasteiger partial charge in [0.05, 0.1) is 5.71 Å². The van der Waals surface area contributed by atoms with E-state index >= 15 is 0 Å². The van der Waals surface area contributed by atoms with Crippen molar-refractivity contribution in [3.8, 4) is 0 Å². The van der Waals surface area contributed by atoms with Crippen LogP contribution in [0.3, 0.4) is 0 Å². The van der Waals surface area contributed by atoms with E-state index in [-0.39, 0.29) is 11.7 Å². The Morgan fingerprint density at radius 1 is 0.909 bits per heavy atom. The van der Waals surface area contributed by atoms with Crippen LogP contribution in [0.5, 0.6) is 0 Å². The Morgan fingerprint density at radius 2 is 1.64 bits per heavy atom. The van der Waals surface area contributed by atoms with Crippen LogP contribution in [-0.4, -0.2) is 60.3 Å². The molecule has 33 heavy (non-hydrogen) atoms. The summed E-state index contributed by atoms with van der Waals surface area (Å²) in [7, 11) is 0. The van der Waals surface area contributed by atoms with Gasteiger partial charge in [0, 0.05) is 43.9 Å². The number of allylic oxidation sites excluding steroid dienone is 1. The van der Waals surface area contributed by atoms with Gasteiger partial charge >= 0.3 is 0 Å². The number of ketones is 1. The summed E-state index contributed by atoms with van der Waals surface area (Å²) in [6.07, 6.45) is 5.37. The van der Waals surface area contributed by atoms with E-state index < -0.39 is 5.92 Å². The van der Waals surface area contributed by atoms with Gasteiger partial charge in [-0.3, -0.25) is 9.59 Å². The zero-order valence-corrected chi connectivity index (χ0v) is 19.5. The number of rotatable bonds is 4. The second-order valence-electron chi connectivity index (χ2n) is 9.04. The van der Waals surface area contributed by atoms with Crippen molar-refractivity contribution in [2.24, 2.45) is 20.9 Å². The molecule has 1 saturated carbocycles. The monoisotopic (exact) mass is 445 g/mol. The van der Waals surface area contributed by atoms with Crippen LogP contribution in [-0.2, 0) is 9.59 Å². The summed E-state index contributed by atoms with van der Waals surface area (Å²) in [6, 6.07) is 8.19. The molecular formula is C26H31N5O2. The highest BCUT2D eigenvalue weighted by Crippen LogP contribution is 2.39. The molecule has 172 valence electrons. The van der Waals surface area contributed by atoms with E-state index in [0.29, 0.717) is 23.8 Å². The van der Waals surface area contributed by atoms with E-state index in [1.165, 1.54) is 6.42 Å². The van der Waals surface area contributed by atoms with Crippen LogP contribution in [0.1, 0.15) is 57.9 Å². The molecule has 1 atom stereocenters. The van der Waals surface area contributed by atoms with Crippen LogP contribution in [0.25, 0.3) is 5.57 Å². The SMILES string of the molecule is CCN(CC)c1ccc(C2=C3C(=O)CCCC3=NC3=NC(N4CCCCC4)=NC(=O)C32)cc1. The predicted octanol–water partition coefficient (Wildman–Crippen LogP) is 3.89. The number of carbonyl (C=O) groups is 2. The third kappa shape index (κ3) is 3.94. The van der Waals surface area contributed by atoms with Gasteiger partial charge in [-0.1, -0.05) is 12.1 Å². The number of amidine groups is 1. The third-order valence-electron chi connectivity index (χ3n) is 7.07. The summed E-state index contributed by atoms with van der Waals surface area (Å²) >= 11 is 0. The van der Waals surface area contributed by atoms with Gasteiger partial charge in [-0.05, 0) is 69.2 Å². The number of hydrogen-bond donors (Lipinski definition) is 0. The van der Waals surface area contributed by atoms with E-state index in [9.17, 15) is 9.59 Å². The molecule has 1 amide bonds. The number of aliphatic imine (C=N–C) groups is 3. The average molecular weight is 446 g/mol. The summed E-state index contributed by atoms with van der Waals surface area (Å²) < 4.78 is 0. The van der Waals surface area contributed by atoms with Crippen LogP contribution in [0.2, 0.25) is 0 Å². The zero-order valence-electron chi connectivity index (χ0n) is 19.5. The summed E-state index contributed by atoms with van der Waals surface area (Å²) in [5.41, 5.74) is 4.14. The lowest BCUT2D eigenvalue weighted by molar-refractivity contribution is -0.118. The molecule has 3 heterocycles. The van der Waals surface area contributed by atoms with Gasteiger partial charge in [0.1, 0.15) is 11.8 Å². The lowest BCUT2D eigenvalue weighted by Gasteiger charge is -2.33. The molecule has 1 aromatic carbocycles. The van der Waals surface area contributed by atoms with Crippen LogP contribution in [0, 0.1) is 5.92 Å².